The highest BCUT2D eigenvalue weighted by molar-refractivity contribution is 5.88. The molecule has 5 heteroatoms. The summed E-state index contributed by atoms with van der Waals surface area (Å²) in [5.41, 5.74) is 6.34. The lowest BCUT2D eigenvalue weighted by atomic mass is 9.54. The van der Waals surface area contributed by atoms with Crippen LogP contribution in [-0.4, -0.2) is 37.3 Å². The molecule has 5 nitrogen and oxygen atoms in total. The zero-order valence-corrected chi connectivity index (χ0v) is 16.8. The minimum absolute atomic E-state index is 0.0432. The first-order valence-corrected chi connectivity index (χ1v) is 9.61. The molecule has 1 aromatic carbocycles. The van der Waals surface area contributed by atoms with Gasteiger partial charge in [-0.05, 0) is 37.0 Å². The van der Waals surface area contributed by atoms with Crippen molar-refractivity contribution in [1.82, 2.24) is 5.32 Å². The van der Waals surface area contributed by atoms with Crippen LogP contribution in [0, 0.1) is 11.3 Å². The lowest BCUT2D eigenvalue weighted by Gasteiger charge is -2.57. The van der Waals surface area contributed by atoms with Crippen LogP contribution in [0.5, 0.6) is 5.75 Å². The van der Waals surface area contributed by atoms with Gasteiger partial charge in [-0.3, -0.25) is 4.79 Å². The van der Waals surface area contributed by atoms with E-state index >= 15 is 0 Å². The predicted octanol–water partition coefficient (Wildman–Crippen LogP) is 2.91. The van der Waals surface area contributed by atoms with Crippen LogP contribution in [0.1, 0.15) is 46.6 Å². The van der Waals surface area contributed by atoms with Gasteiger partial charge in [0.2, 0.25) is 5.91 Å². The highest BCUT2D eigenvalue weighted by Gasteiger charge is 2.62. The minimum Gasteiger partial charge on any atom is -0.493 e. The van der Waals surface area contributed by atoms with E-state index in [1.807, 2.05) is 45.0 Å². The zero-order chi connectivity index (χ0) is 19.4. The maximum atomic E-state index is 12.6. The van der Waals surface area contributed by atoms with Gasteiger partial charge in [0.1, 0.15) is 11.3 Å². The maximum Gasteiger partial charge on any atom is 0.240 e. The predicted molar refractivity (Wildman–Crippen MR) is 104 cm³/mol. The molecule has 2 unspecified atom stereocenters. The molecular weight excluding hydrogens is 328 g/mol. The largest absolute Gasteiger partial charge is 0.493 e. The molecule has 1 aliphatic carbocycles. The number of nitrogens with two attached hydrogens (primary N) is 1. The summed E-state index contributed by atoms with van der Waals surface area (Å²) in [6.45, 7) is 12.2. The lowest BCUT2D eigenvalue weighted by Crippen LogP contribution is -2.75. The van der Waals surface area contributed by atoms with Gasteiger partial charge in [-0.1, -0.05) is 39.8 Å². The second kappa shape index (κ2) is 8.40. The van der Waals surface area contributed by atoms with E-state index < -0.39 is 5.54 Å². The van der Waals surface area contributed by atoms with Crippen molar-refractivity contribution in [3.8, 4) is 5.75 Å². The Bertz CT molecular complexity index is 598. The Morgan fingerprint density at radius 2 is 1.96 bits per heavy atom. The van der Waals surface area contributed by atoms with Crippen molar-refractivity contribution >= 4 is 5.91 Å². The fourth-order valence-electron chi connectivity index (χ4n) is 3.31. The summed E-state index contributed by atoms with van der Waals surface area (Å²) in [6, 6.07) is 8.04. The number of benzene rings is 1. The van der Waals surface area contributed by atoms with Crippen LogP contribution in [-0.2, 0) is 16.0 Å². The average molecular weight is 363 g/mol. The van der Waals surface area contributed by atoms with Gasteiger partial charge in [-0.25, -0.2) is 0 Å². The molecule has 1 aliphatic rings. The third kappa shape index (κ3) is 4.38. The Kier molecular flexibility index (Phi) is 6.69. The van der Waals surface area contributed by atoms with E-state index in [4.69, 9.17) is 15.2 Å². The number of amides is 1. The normalized spacial score (nSPS) is 24.2. The molecule has 26 heavy (non-hydrogen) atoms. The molecule has 3 N–H and O–H groups in total. The summed E-state index contributed by atoms with van der Waals surface area (Å²) in [5, 5.41) is 3.00. The molecule has 0 bridgehead atoms. The van der Waals surface area contributed by atoms with Crippen molar-refractivity contribution in [3.05, 3.63) is 29.8 Å². The summed E-state index contributed by atoms with van der Waals surface area (Å²) in [5.74, 6) is 1.30. The van der Waals surface area contributed by atoms with E-state index in [0.29, 0.717) is 32.1 Å². The van der Waals surface area contributed by atoms with E-state index in [-0.39, 0.29) is 17.4 Å². The zero-order valence-electron chi connectivity index (χ0n) is 16.8. The smallest absolute Gasteiger partial charge is 0.240 e. The monoisotopic (exact) mass is 362 g/mol. The fourth-order valence-corrected chi connectivity index (χ4v) is 3.31. The highest BCUT2D eigenvalue weighted by atomic mass is 16.5. The molecule has 0 spiro atoms. The first kappa shape index (κ1) is 20.7. The van der Waals surface area contributed by atoms with Gasteiger partial charge >= 0.3 is 0 Å². The number of carbonyl (C=O) groups excluding carboxylic acids is 1. The van der Waals surface area contributed by atoms with Crippen LogP contribution >= 0.6 is 0 Å². The average Bonchev–Trinajstić information content (AvgIpc) is 2.60. The molecule has 1 amide bonds. The van der Waals surface area contributed by atoms with E-state index in [1.54, 1.807) is 0 Å². The van der Waals surface area contributed by atoms with Crippen molar-refractivity contribution in [2.75, 3.05) is 19.8 Å². The Hall–Kier alpha value is -1.59. The second-order valence-electron chi connectivity index (χ2n) is 8.20. The first-order chi connectivity index (χ1) is 12.2. The number of rotatable bonds is 9. The molecule has 1 fully saturated rings. The van der Waals surface area contributed by atoms with Crippen LogP contribution in [0.2, 0.25) is 0 Å². The highest BCUT2D eigenvalue weighted by Crippen LogP contribution is 2.49. The molecule has 0 heterocycles. The van der Waals surface area contributed by atoms with E-state index in [9.17, 15) is 4.79 Å². The van der Waals surface area contributed by atoms with Gasteiger partial charge < -0.3 is 20.5 Å². The molecule has 0 aromatic heterocycles. The lowest BCUT2D eigenvalue weighted by molar-refractivity contribution is -0.170. The number of ether oxygens (including phenoxy) is 2. The van der Waals surface area contributed by atoms with Crippen LogP contribution < -0.4 is 15.8 Å². The molecule has 0 aliphatic heterocycles. The van der Waals surface area contributed by atoms with Crippen molar-refractivity contribution < 1.29 is 14.3 Å². The molecule has 146 valence electrons. The van der Waals surface area contributed by atoms with Crippen molar-refractivity contribution in [2.24, 2.45) is 17.1 Å². The number of carbonyl (C=O) groups is 1. The fraction of sp³-hybridized carbons (Fsp3) is 0.667. The van der Waals surface area contributed by atoms with Crippen molar-refractivity contribution in [1.29, 1.82) is 0 Å². The van der Waals surface area contributed by atoms with Gasteiger partial charge in [0.05, 0.1) is 12.7 Å². The summed E-state index contributed by atoms with van der Waals surface area (Å²) >= 11 is 0. The minimum atomic E-state index is -0.860. The van der Waals surface area contributed by atoms with Gasteiger partial charge in [0.15, 0.2) is 0 Å². The van der Waals surface area contributed by atoms with Crippen molar-refractivity contribution in [2.45, 2.75) is 59.1 Å². The Morgan fingerprint density at radius 1 is 1.31 bits per heavy atom. The van der Waals surface area contributed by atoms with Crippen LogP contribution in [0.15, 0.2) is 24.3 Å². The molecule has 0 radical (unpaired) electrons. The number of hydrogen-bond acceptors (Lipinski definition) is 4. The molecule has 1 saturated carbocycles. The summed E-state index contributed by atoms with van der Waals surface area (Å²) < 4.78 is 11.4. The van der Waals surface area contributed by atoms with Gasteiger partial charge in [-0.2, -0.15) is 0 Å². The van der Waals surface area contributed by atoms with Crippen LogP contribution in [0.25, 0.3) is 0 Å². The van der Waals surface area contributed by atoms with E-state index in [2.05, 4.69) is 19.2 Å². The van der Waals surface area contributed by atoms with Crippen molar-refractivity contribution in [3.63, 3.8) is 0 Å². The Balaban J connectivity index is 1.80. The first-order valence-electron chi connectivity index (χ1n) is 9.61. The number of nitrogens with one attached hydrogen (secondary N) is 1. The SMILES string of the molecule is CCOC1CC(N)(C(=O)NCCc2ccc(OCC(C)C)cc2)C1(C)C. The van der Waals surface area contributed by atoms with E-state index in [0.717, 1.165) is 17.7 Å². The molecule has 2 rings (SSSR count). The molecule has 0 saturated heterocycles. The third-order valence-electron chi connectivity index (χ3n) is 5.44. The quantitative estimate of drug-likeness (QED) is 0.708. The topological polar surface area (TPSA) is 73.6 Å². The van der Waals surface area contributed by atoms with Crippen LogP contribution in [0.3, 0.4) is 0 Å². The summed E-state index contributed by atoms with van der Waals surface area (Å²) in [4.78, 5) is 12.6. The Labute approximate surface area is 157 Å². The molecule has 1 aromatic rings. The van der Waals surface area contributed by atoms with Gasteiger partial charge in [0.25, 0.3) is 0 Å². The summed E-state index contributed by atoms with van der Waals surface area (Å²) in [6.07, 6.45) is 1.38. The summed E-state index contributed by atoms with van der Waals surface area (Å²) in [7, 11) is 0. The second-order valence-corrected chi connectivity index (χ2v) is 8.20. The van der Waals surface area contributed by atoms with Gasteiger partial charge in [-0.15, -0.1) is 0 Å². The maximum absolute atomic E-state index is 12.6. The molecular formula is C21H34N2O3. The Morgan fingerprint density at radius 3 is 2.50 bits per heavy atom. The van der Waals surface area contributed by atoms with E-state index in [1.165, 1.54) is 0 Å². The van der Waals surface area contributed by atoms with Gasteiger partial charge in [0, 0.05) is 25.0 Å². The number of hydrogen-bond donors (Lipinski definition) is 2. The third-order valence-corrected chi connectivity index (χ3v) is 5.44. The standard InChI is InChI=1S/C21H34N2O3/c1-6-25-18-13-21(22,20(18,4)5)19(24)23-12-11-16-7-9-17(10-8-16)26-14-15(2)3/h7-10,15,18H,6,11-14,22H2,1-5H3,(H,23,24). The molecule has 2 atom stereocenters. The van der Waals surface area contributed by atoms with Crippen LogP contribution in [0.4, 0.5) is 0 Å².